The zero-order valence-corrected chi connectivity index (χ0v) is 21.2. The van der Waals surface area contributed by atoms with Crippen LogP contribution in [0.4, 0.5) is 11.4 Å². The predicted molar refractivity (Wildman–Crippen MR) is 143 cm³/mol. The van der Waals surface area contributed by atoms with Crippen molar-refractivity contribution in [1.29, 1.82) is 0 Å². The molecule has 1 aliphatic rings. The zero-order chi connectivity index (χ0) is 25.0. The number of aryl methyl sites for hydroxylation is 1. The van der Waals surface area contributed by atoms with Crippen LogP contribution >= 0.6 is 0 Å². The molecule has 3 aromatic carbocycles. The second kappa shape index (κ2) is 10.3. The lowest BCUT2D eigenvalue weighted by Gasteiger charge is -2.36. The number of amides is 2. The first-order valence-electron chi connectivity index (χ1n) is 12.3. The van der Waals surface area contributed by atoms with Gasteiger partial charge in [0.1, 0.15) is 0 Å². The van der Waals surface area contributed by atoms with Gasteiger partial charge < -0.3 is 15.1 Å². The van der Waals surface area contributed by atoms with Crippen molar-refractivity contribution in [3.05, 3.63) is 95.1 Å². The van der Waals surface area contributed by atoms with Gasteiger partial charge in [0.25, 0.3) is 5.91 Å². The number of nitrogens with zero attached hydrogens (tertiary/aromatic N) is 2. The van der Waals surface area contributed by atoms with Crippen LogP contribution in [0.15, 0.2) is 72.8 Å². The van der Waals surface area contributed by atoms with Gasteiger partial charge in [0.15, 0.2) is 0 Å². The Kier molecular flexibility index (Phi) is 7.25. The largest absolute Gasteiger partial charge is 0.368 e. The molecule has 0 atom stereocenters. The lowest BCUT2D eigenvalue weighted by Crippen LogP contribution is -2.49. The first-order valence-corrected chi connectivity index (χ1v) is 12.3. The first-order chi connectivity index (χ1) is 16.7. The van der Waals surface area contributed by atoms with Crippen molar-refractivity contribution in [1.82, 2.24) is 4.90 Å². The van der Waals surface area contributed by atoms with Crippen molar-refractivity contribution in [2.75, 3.05) is 36.4 Å². The van der Waals surface area contributed by atoms with Gasteiger partial charge in [0.2, 0.25) is 5.91 Å². The van der Waals surface area contributed by atoms with Crippen molar-refractivity contribution < 1.29 is 9.59 Å². The summed E-state index contributed by atoms with van der Waals surface area (Å²) < 4.78 is 0. The summed E-state index contributed by atoms with van der Waals surface area (Å²) in [5.74, 6) is 0.0755. The lowest BCUT2D eigenvalue weighted by molar-refractivity contribution is -0.130. The second-order valence-electron chi connectivity index (χ2n) is 10.3. The molecular formula is C30H35N3O2. The van der Waals surface area contributed by atoms with E-state index in [2.05, 4.69) is 44.0 Å². The molecule has 0 aliphatic carbocycles. The van der Waals surface area contributed by atoms with E-state index in [1.165, 1.54) is 5.56 Å². The van der Waals surface area contributed by atoms with Crippen molar-refractivity contribution in [3.63, 3.8) is 0 Å². The van der Waals surface area contributed by atoms with Crippen LogP contribution in [0.5, 0.6) is 0 Å². The van der Waals surface area contributed by atoms with E-state index in [1.54, 1.807) is 0 Å². The Bertz CT molecular complexity index is 1170. The third kappa shape index (κ3) is 6.10. The van der Waals surface area contributed by atoms with E-state index in [9.17, 15) is 9.59 Å². The Hall–Kier alpha value is -3.60. The molecule has 1 N–H and O–H groups in total. The molecule has 0 aromatic heterocycles. The zero-order valence-electron chi connectivity index (χ0n) is 21.2. The Morgan fingerprint density at radius 1 is 0.829 bits per heavy atom. The molecule has 5 nitrogen and oxygen atoms in total. The Morgan fingerprint density at radius 2 is 1.46 bits per heavy atom. The average molecular weight is 470 g/mol. The highest BCUT2D eigenvalue weighted by Crippen LogP contribution is 2.23. The molecule has 1 fully saturated rings. The number of benzene rings is 3. The van der Waals surface area contributed by atoms with Gasteiger partial charge in [0, 0.05) is 43.1 Å². The van der Waals surface area contributed by atoms with Gasteiger partial charge in [-0.05, 0) is 65.4 Å². The fourth-order valence-corrected chi connectivity index (χ4v) is 4.38. The maximum atomic E-state index is 12.8. The van der Waals surface area contributed by atoms with Crippen molar-refractivity contribution >= 4 is 23.2 Å². The number of hydrogen-bond acceptors (Lipinski definition) is 3. The summed E-state index contributed by atoms with van der Waals surface area (Å²) in [5, 5.41) is 2.99. The van der Waals surface area contributed by atoms with Crippen LogP contribution in [0.1, 0.15) is 47.8 Å². The summed E-state index contributed by atoms with van der Waals surface area (Å²) in [6.07, 6.45) is 0.458. The molecule has 182 valence electrons. The van der Waals surface area contributed by atoms with Gasteiger partial charge >= 0.3 is 0 Å². The van der Waals surface area contributed by atoms with Crippen LogP contribution in [-0.4, -0.2) is 42.9 Å². The van der Waals surface area contributed by atoms with Gasteiger partial charge in [-0.25, -0.2) is 0 Å². The third-order valence-corrected chi connectivity index (χ3v) is 6.74. The van der Waals surface area contributed by atoms with Crippen LogP contribution in [0.3, 0.4) is 0 Å². The van der Waals surface area contributed by atoms with Crippen LogP contribution in [0, 0.1) is 6.92 Å². The Balaban J connectivity index is 1.29. The van der Waals surface area contributed by atoms with Crippen LogP contribution < -0.4 is 10.2 Å². The first kappa shape index (κ1) is 24.5. The number of rotatable bonds is 5. The molecule has 0 unspecified atom stereocenters. The summed E-state index contributed by atoms with van der Waals surface area (Å²) in [6.45, 7) is 11.6. The molecule has 0 saturated carbocycles. The highest BCUT2D eigenvalue weighted by Gasteiger charge is 2.22. The predicted octanol–water partition coefficient (Wildman–Crippen LogP) is 5.44. The molecule has 2 amide bonds. The maximum Gasteiger partial charge on any atom is 0.255 e. The Labute approximate surface area is 208 Å². The number of carbonyl (C=O) groups is 2. The monoisotopic (exact) mass is 469 g/mol. The average Bonchev–Trinajstić information content (AvgIpc) is 2.85. The van der Waals surface area contributed by atoms with E-state index in [1.807, 2.05) is 71.6 Å². The van der Waals surface area contributed by atoms with E-state index >= 15 is 0 Å². The number of hydrogen-bond donors (Lipinski definition) is 1. The maximum absolute atomic E-state index is 12.8. The van der Waals surface area contributed by atoms with Gasteiger partial charge in [0.05, 0.1) is 6.42 Å². The molecule has 3 aromatic rings. The van der Waals surface area contributed by atoms with Gasteiger partial charge in [-0.1, -0.05) is 57.2 Å². The SMILES string of the molecule is Cc1ccccc1CC(=O)N1CCN(c2ccc(NC(=O)c3ccc(C(C)(C)C)cc3)cc2)CC1. The number of anilines is 2. The van der Waals surface area contributed by atoms with Gasteiger partial charge in [-0.15, -0.1) is 0 Å². The molecular weight excluding hydrogens is 434 g/mol. The third-order valence-electron chi connectivity index (χ3n) is 6.74. The number of carbonyl (C=O) groups excluding carboxylic acids is 2. The molecule has 0 radical (unpaired) electrons. The molecule has 0 spiro atoms. The van der Waals surface area contributed by atoms with E-state index in [4.69, 9.17) is 0 Å². The number of piperazine rings is 1. The number of nitrogens with one attached hydrogen (secondary N) is 1. The van der Waals surface area contributed by atoms with Crippen molar-refractivity contribution in [2.24, 2.45) is 0 Å². The molecule has 5 heteroatoms. The van der Waals surface area contributed by atoms with E-state index in [0.717, 1.165) is 35.6 Å². The molecule has 1 aliphatic heterocycles. The standard InChI is InChI=1S/C30H35N3O2/c1-22-7-5-6-8-24(22)21-28(34)33-19-17-32(18-20-33)27-15-13-26(14-16-27)31-29(35)23-9-11-25(12-10-23)30(2,3)4/h5-16H,17-21H2,1-4H3,(H,31,35). The normalized spacial score (nSPS) is 14.1. The summed E-state index contributed by atoms with van der Waals surface area (Å²) in [7, 11) is 0. The van der Waals surface area contributed by atoms with Gasteiger partial charge in [-0.2, -0.15) is 0 Å². The molecule has 35 heavy (non-hydrogen) atoms. The highest BCUT2D eigenvalue weighted by atomic mass is 16.2. The van der Waals surface area contributed by atoms with Crippen LogP contribution in [0.2, 0.25) is 0 Å². The molecule has 0 bridgehead atoms. The summed E-state index contributed by atoms with van der Waals surface area (Å²) >= 11 is 0. The van der Waals surface area contributed by atoms with Crippen molar-refractivity contribution in [2.45, 2.75) is 39.5 Å². The quantitative estimate of drug-likeness (QED) is 0.542. The van der Waals surface area contributed by atoms with Crippen LogP contribution in [-0.2, 0) is 16.6 Å². The molecule has 1 saturated heterocycles. The minimum Gasteiger partial charge on any atom is -0.368 e. The second-order valence-corrected chi connectivity index (χ2v) is 10.3. The van der Waals surface area contributed by atoms with E-state index < -0.39 is 0 Å². The minimum absolute atomic E-state index is 0.0601. The smallest absolute Gasteiger partial charge is 0.255 e. The fraction of sp³-hybridized carbons (Fsp3) is 0.333. The van der Waals surface area contributed by atoms with E-state index in [-0.39, 0.29) is 17.2 Å². The highest BCUT2D eigenvalue weighted by molar-refractivity contribution is 6.04. The summed E-state index contributed by atoms with van der Waals surface area (Å²) in [4.78, 5) is 29.7. The summed E-state index contributed by atoms with van der Waals surface area (Å²) in [6, 6.07) is 23.8. The fourth-order valence-electron chi connectivity index (χ4n) is 4.38. The lowest BCUT2D eigenvalue weighted by atomic mass is 9.87. The van der Waals surface area contributed by atoms with E-state index in [0.29, 0.717) is 25.1 Å². The summed E-state index contributed by atoms with van der Waals surface area (Å²) in [5.41, 5.74) is 6.04. The molecule has 1 heterocycles. The van der Waals surface area contributed by atoms with Crippen molar-refractivity contribution in [3.8, 4) is 0 Å². The topological polar surface area (TPSA) is 52.7 Å². The minimum atomic E-state index is -0.112. The van der Waals surface area contributed by atoms with Crippen LogP contribution in [0.25, 0.3) is 0 Å². The van der Waals surface area contributed by atoms with Gasteiger partial charge in [-0.3, -0.25) is 9.59 Å². The Morgan fingerprint density at radius 3 is 2.06 bits per heavy atom. The molecule has 4 rings (SSSR count).